The smallest absolute Gasteiger partial charge is 0.416 e. The van der Waals surface area contributed by atoms with Crippen LogP contribution in [0.3, 0.4) is 0 Å². The molecule has 236 valence electrons. The number of alkyl halides is 3. The second kappa shape index (κ2) is 12.2. The zero-order valence-corrected chi connectivity index (χ0v) is 25.6. The van der Waals surface area contributed by atoms with Crippen molar-refractivity contribution in [3.8, 4) is 0 Å². The number of halogens is 3. The molecule has 1 N–H and O–H groups in total. The average Bonchev–Trinajstić information content (AvgIpc) is 3.47. The highest BCUT2D eigenvalue weighted by molar-refractivity contribution is 8.00. The number of ether oxygens (including phenoxy) is 1. The molecule has 3 amide bonds. The Labute approximate surface area is 268 Å². The number of esters is 1. The first-order valence-electron chi connectivity index (χ1n) is 14.0. The van der Waals surface area contributed by atoms with Crippen LogP contribution < -0.4 is 15.1 Å². The lowest BCUT2D eigenvalue weighted by atomic mass is 9.83. The number of amides is 3. The van der Waals surface area contributed by atoms with Crippen molar-refractivity contribution in [1.29, 1.82) is 0 Å². The minimum absolute atomic E-state index is 0.194. The molecule has 14 heteroatoms. The second-order valence-corrected chi connectivity index (χ2v) is 12.6. The van der Waals surface area contributed by atoms with Gasteiger partial charge in [-0.25, -0.2) is 9.69 Å². The number of nitrogens with zero attached hydrogens (tertiary/aromatic N) is 2. The summed E-state index contributed by atoms with van der Waals surface area (Å²) in [7, 11) is 0. The molecule has 2 aliphatic heterocycles. The number of anilines is 2. The molecule has 1 saturated heterocycles. The number of thiazole rings is 1. The van der Waals surface area contributed by atoms with Crippen molar-refractivity contribution in [3.63, 3.8) is 0 Å². The zero-order chi connectivity index (χ0) is 32.7. The van der Waals surface area contributed by atoms with Crippen LogP contribution in [-0.2, 0) is 31.8 Å². The van der Waals surface area contributed by atoms with Crippen LogP contribution in [0.2, 0.25) is 0 Å². The fourth-order valence-corrected chi connectivity index (χ4v) is 8.37. The molecule has 0 aliphatic carbocycles. The molecule has 0 spiro atoms. The van der Waals surface area contributed by atoms with Gasteiger partial charge in [-0.3, -0.25) is 23.7 Å². The normalized spacial score (nSPS) is 19.0. The fraction of sp³-hybridized carbons (Fsp3) is 0.219. The van der Waals surface area contributed by atoms with Crippen LogP contribution >= 0.6 is 23.1 Å². The van der Waals surface area contributed by atoms with Crippen LogP contribution in [0, 0.1) is 5.92 Å². The third-order valence-corrected chi connectivity index (χ3v) is 10.2. The van der Waals surface area contributed by atoms with Gasteiger partial charge in [0.25, 0.3) is 0 Å². The van der Waals surface area contributed by atoms with E-state index in [2.05, 4.69) is 5.32 Å². The summed E-state index contributed by atoms with van der Waals surface area (Å²) in [6.45, 7) is 1.49. The summed E-state index contributed by atoms with van der Waals surface area (Å²) in [5.74, 6) is -4.19. The molecule has 4 aromatic rings. The van der Waals surface area contributed by atoms with Crippen molar-refractivity contribution in [3.05, 3.63) is 110 Å². The summed E-state index contributed by atoms with van der Waals surface area (Å²) in [6, 6.07) is 18.8. The molecular formula is C32H24F3N3O6S2. The lowest BCUT2D eigenvalue weighted by Gasteiger charge is -2.30. The number of nitrogens with one attached hydrogen (secondary N) is 1. The van der Waals surface area contributed by atoms with E-state index < -0.39 is 63.9 Å². The van der Waals surface area contributed by atoms with Gasteiger partial charge in [-0.1, -0.05) is 59.5 Å². The van der Waals surface area contributed by atoms with Gasteiger partial charge in [-0.05, 0) is 55.0 Å². The lowest BCUT2D eigenvalue weighted by molar-refractivity contribution is -0.137. The fourth-order valence-electron chi connectivity index (χ4n) is 5.60. The maximum atomic E-state index is 13.9. The summed E-state index contributed by atoms with van der Waals surface area (Å²) >= 11 is 1.82. The van der Waals surface area contributed by atoms with Crippen molar-refractivity contribution >= 4 is 58.2 Å². The molecule has 0 radical (unpaired) electrons. The Balaban J connectivity index is 1.33. The molecule has 1 fully saturated rings. The Kier molecular flexibility index (Phi) is 8.33. The van der Waals surface area contributed by atoms with Gasteiger partial charge in [-0.2, -0.15) is 13.2 Å². The van der Waals surface area contributed by atoms with Crippen LogP contribution in [0.4, 0.5) is 24.5 Å². The maximum Gasteiger partial charge on any atom is 0.416 e. The van der Waals surface area contributed by atoms with E-state index in [0.29, 0.717) is 26.7 Å². The van der Waals surface area contributed by atoms with Gasteiger partial charge in [0, 0.05) is 16.5 Å². The maximum absolute atomic E-state index is 13.9. The summed E-state index contributed by atoms with van der Waals surface area (Å²) in [5, 5.41) is 1.97. The van der Waals surface area contributed by atoms with Crippen molar-refractivity contribution in [1.82, 2.24) is 4.57 Å². The molecule has 3 heterocycles. The third-order valence-electron chi connectivity index (χ3n) is 7.62. The van der Waals surface area contributed by atoms with E-state index in [-0.39, 0.29) is 12.3 Å². The molecule has 3 aromatic carbocycles. The Bertz CT molecular complexity index is 1910. The molecule has 2 aliphatic rings. The molecule has 0 saturated carbocycles. The van der Waals surface area contributed by atoms with Crippen LogP contribution in [0.25, 0.3) is 0 Å². The highest BCUT2D eigenvalue weighted by Gasteiger charge is 2.57. The SMILES string of the molecule is CCOC(=O)c1ccc(NC(=O)Cn2c3c(sc2=O)[C@@H](c2ccccc2)C2C(=O)N(c4cccc(C(F)(F)F)c4)C(=O)C2S3)cc1. The predicted octanol–water partition coefficient (Wildman–Crippen LogP) is 5.54. The number of rotatable bonds is 7. The lowest BCUT2D eigenvalue weighted by Crippen LogP contribution is -2.33. The van der Waals surface area contributed by atoms with Crippen LogP contribution in [0.1, 0.15) is 39.2 Å². The van der Waals surface area contributed by atoms with Crippen LogP contribution in [-0.4, -0.2) is 40.1 Å². The van der Waals surface area contributed by atoms with E-state index in [0.717, 1.165) is 46.2 Å². The quantitative estimate of drug-likeness (QED) is 0.203. The van der Waals surface area contributed by atoms with E-state index in [9.17, 15) is 37.1 Å². The van der Waals surface area contributed by atoms with Crippen molar-refractivity contribution < 1.29 is 37.1 Å². The number of carbonyl (C=O) groups is 4. The average molecular weight is 668 g/mol. The molecular weight excluding hydrogens is 643 g/mol. The molecule has 9 nitrogen and oxygen atoms in total. The highest BCUT2D eigenvalue weighted by Crippen LogP contribution is 2.54. The minimum Gasteiger partial charge on any atom is -0.462 e. The number of hydrogen-bond acceptors (Lipinski definition) is 8. The molecule has 46 heavy (non-hydrogen) atoms. The number of aromatic nitrogens is 1. The monoisotopic (exact) mass is 667 g/mol. The van der Waals surface area contributed by atoms with E-state index in [1.54, 1.807) is 37.3 Å². The second-order valence-electron chi connectivity index (χ2n) is 10.5. The van der Waals surface area contributed by atoms with Gasteiger partial charge in [0.05, 0.1) is 34.4 Å². The van der Waals surface area contributed by atoms with Gasteiger partial charge in [0.15, 0.2) is 0 Å². The van der Waals surface area contributed by atoms with E-state index >= 15 is 0 Å². The molecule has 1 aromatic heterocycles. The number of benzene rings is 3. The Hall–Kier alpha value is -4.69. The molecule has 6 rings (SSSR count). The largest absolute Gasteiger partial charge is 0.462 e. The number of carbonyl (C=O) groups excluding carboxylic acids is 4. The standard InChI is InChI=1S/C32H24F3N3O6S2/c1-2-44-30(42)18-11-13-20(14-12-18)36-22(39)16-37-29-26(46-31(37)43)23(17-7-4-3-5-8-17)24-25(45-29)28(41)38(27(24)40)21-10-6-9-19(15-21)32(33,34)35/h3-15,23-25H,2,16H2,1H3,(H,36,39)/t23-,24?,25?/m0/s1. The minimum atomic E-state index is -4.68. The summed E-state index contributed by atoms with van der Waals surface area (Å²) in [4.78, 5) is 66.9. The van der Waals surface area contributed by atoms with Crippen molar-refractivity contribution in [2.75, 3.05) is 16.8 Å². The Morgan fingerprint density at radius 1 is 0.935 bits per heavy atom. The predicted molar refractivity (Wildman–Crippen MR) is 165 cm³/mol. The van der Waals surface area contributed by atoms with Gasteiger partial charge < -0.3 is 10.1 Å². The first kappa shape index (κ1) is 31.3. The van der Waals surface area contributed by atoms with Crippen LogP contribution in [0.5, 0.6) is 0 Å². The number of thioether (sulfide) groups is 1. The van der Waals surface area contributed by atoms with E-state index in [1.165, 1.54) is 34.9 Å². The number of imide groups is 1. The Morgan fingerprint density at radius 3 is 2.33 bits per heavy atom. The van der Waals surface area contributed by atoms with Gasteiger partial charge in [0.2, 0.25) is 17.7 Å². The van der Waals surface area contributed by atoms with Gasteiger partial charge in [0.1, 0.15) is 11.8 Å². The van der Waals surface area contributed by atoms with E-state index in [4.69, 9.17) is 4.74 Å². The third kappa shape index (κ3) is 5.73. The molecule has 0 bridgehead atoms. The summed E-state index contributed by atoms with van der Waals surface area (Å²) < 4.78 is 46.7. The zero-order valence-electron chi connectivity index (χ0n) is 23.9. The van der Waals surface area contributed by atoms with Gasteiger partial charge >= 0.3 is 17.0 Å². The summed E-state index contributed by atoms with van der Waals surface area (Å²) in [5.41, 5.74) is 0.128. The Morgan fingerprint density at radius 2 is 1.65 bits per heavy atom. The number of hydrogen-bond donors (Lipinski definition) is 1. The van der Waals surface area contributed by atoms with Crippen molar-refractivity contribution in [2.24, 2.45) is 5.92 Å². The first-order valence-corrected chi connectivity index (χ1v) is 15.7. The summed E-state index contributed by atoms with van der Waals surface area (Å²) in [6.07, 6.45) is -4.68. The highest BCUT2D eigenvalue weighted by atomic mass is 32.2. The van der Waals surface area contributed by atoms with Crippen molar-refractivity contribution in [2.45, 2.75) is 35.8 Å². The number of fused-ring (bicyclic) bond motifs is 2. The molecule has 2 unspecified atom stereocenters. The van der Waals surface area contributed by atoms with Gasteiger partial charge in [-0.15, -0.1) is 0 Å². The first-order chi connectivity index (χ1) is 22.0. The van der Waals surface area contributed by atoms with Crippen LogP contribution in [0.15, 0.2) is 88.7 Å². The topological polar surface area (TPSA) is 115 Å². The molecule has 3 atom stereocenters. The van der Waals surface area contributed by atoms with E-state index in [1.807, 2.05) is 0 Å².